The molecule has 5 rings (SSSR count). The number of para-hydroxylation sites is 1. The van der Waals surface area contributed by atoms with Crippen LogP contribution in [0.3, 0.4) is 0 Å². The molecule has 2 heterocycles. The van der Waals surface area contributed by atoms with Crippen LogP contribution >= 0.6 is 23.4 Å². The van der Waals surface area contributed by atoms with Gasteiger partial charge in [0.1, 0.15) is 5.82 Å². The Hall–Kier alpha value is -2.62. The molecule has 38 heavy (non-hydrogen) atoms. The summed E-state index contributed by atoms with van der Waals surface area (Å²) in [4.78, 5) is 28.0. The fourth-order valence-corrected chi connectivity index (χ4v) is 6.35. The van der Waals surface area contributed by atoms with Gasteiger partial charge in [0.05, 0.1) is 41.4 Å². The number of carbonyl (C=O) groups excluding carboxylic acids is 2. The zero-order chi connectivity index (χ0) is 26.6. The summed E-state index contributed by atoms with van der Waals surface area (Å²) in [7, 11) is 0. The number of ether oxygens (including phenoxy) is 1. The largest absolute Gasteiger partial charge is 0.376 e. The van der Waals surface area contributed by atoms with Crippen LogP contribution in [0.1, 0.15) is 54.6 Å². The minimum atomic E-state index is -0.597. The first-order valence-corrected chi connectivity index (χ1v) is 14.8. The summed E-state index contributed by atoms with van der Waals surface area (Å²) >= 11 is 8.17. The maximum Gasteiger partial charge on any atom is 0.276 e. The molecular formula is C28H32ClFN4O3S. The van der Waals surface area contributed by atoms with Gasteiger partial charge in [0, 0.05) is 17.2 Å². The molecule has 0 radical (unpaired) electrons. The van der Waals surface area contributed by atoms with E-state index in [1.54, 1.807) is 17.8 Å². The summed E-state index contributed by atoms with van der Waals surface area (Å²) in [5, 5.41) is 10.7. The zero-order valence-electron chi connectivity index (χ0n) is 21.3. The Bertz CT molecular complexity index is 1310. The molecule has 0 bridgehead atoms. The molecule has 2 N–H and O–H groups in total. The summed E-state index contributed by atoms with van der Waals surface area (Å²) in [6.45, 7) is 1.14. The van der Waals surface area contributed by atoms with Gasteiger partial charge in [0.2, 0.25) is 5.91 Å². The normalized spacial score (nSPS) is 20.2. The van der Waals surface area contributed by atoms with Gasteiger partial charge in [0.15, 0.2) is 5.69 Å². The highest BCUT2D eigenvalue weighted by Crippen LogP contribution is 2.31. The quantitative estimate of drug-likeness (QED) is 0.363. The standard InChI is InChI=1S/C28H32ClFN4O3S/c1-38-20-13-18(16-37-19-7-3-2-4-8-19)34(15-20)26(35)12-17-11-22(29)25(14-23(17)30)31-28(36)27-21-9-5-6-10-24(21)32-33-27/h5-6,9-11,14,18-20H,2-4,7-8,12-13,15-16H2,1H3,(H,31,36)(H,32,33)/t18?,20-/m0/s1. The second-order valence-electron chi connectivity index (χ2n) is 10.1. The lowest BCUT2D eigenvalue weighted by Crippen LogP contribution is -2.40. The molecule has 1 saturated heterocycles. The first-order valence-electron chi connectivity index (χ1n) is 13.1. The highest BCUT2D eigenvalue weighted by Gasteiger charge is 2.35. The highest BCUT2D eigenvalue weighted by atomic mass is 35.5. The number of hydrogen-bond acceptors (Lipinski definition) is 5. The Morgan fingerprint density at radius 2 is 2.03 bits per heavy atom. The van der Waals surface area contributed by atoms with Crippen molar-refractivity contribution in [3.05, 3.63) is 58.5 Å². The first-order chi connectivity index (χ1) is 18.4. The monoisotopic (exact) mass is 558 g/mol. The van der Waals surface area contributed by atoms with Crippen molar-refractivity contribution in [3.8, 4) is 0 Å². The number of nitrogens with zero attached hydrogens (tertiary/aromatic N) is 2. The minimum Gasteiger partial charge on any atom is -0.376 e. The highest BCUT2D eigenvalue weighted by molar-refractivity contribution is 7.99. The van der Waals surface area contributed by atoms with Gasteiger partial charge < -0.3 is 15.0 Å². The predicted molar refractivity (Wildman–Crippen MR) is 149 cm³/mol. The number of H-pyrrole nitrogens is 1. The molecule has 1 unspecified atom stereocenters. The molecule has 0 spiro atoms. The number of halogens is 2. The van der Waals surface area contributed by atoms with Crippen LogP contribution in [-0.2, 0) is 16.0 Å². The van der Waals surface area contributed by atoms with Crippen molar-refractivity contribution in [2.75, 3.05) is 24.7 Å². The van der Waals surface area contributed by atoms with Gasteiger partial charge in [-0.1, -0.05) is 49.1 Å². The number of thioether (sulfide) groups is 1. The topological polar surface area (TPSA) is 87.3 Å². The minimum absolute atomic E-state index is 0.0114. The van der Waals surface area contributed by atoms with E-state index in [9.17, 15) is 9.59 Å². The van der Waals surface area contributed by atoms with Gasteiger partial charge in [-0.25, -0.2) is 4.39 Å². The third-order valence-electron chi connectivity index (χ3n) is 7.52. The van der Waals surface area contributed by atoms with E-state index < -0.39 is 11.7 Å². The smallest absolute Gasteiger partial charge is 0.276 e. The van der Waals surface area contributed by atoms with Crippen molar-refractivity contribution in [1.29, 1.82) is 0 Å². The van der Waals surface area contributed by atoms with Gasteiger partial charge in [-0.2, -0.15) is 16.9 Å². The molecule has 2 aromatic carbocycles. The lowest BCUT2D eigenvalue weighted by molar-refractivity contribution is -0.133. The fraction of sp³-hybridized carbons (Fsp3) is 0.464. The van der Waals surface area contributed by atoms with Crippen molar-refractivity contribution in [3.63, 3.8) is 0 Å². The molecule has 1 aliphatic heterocycles. The van der Waals surface area contributed by atoms with E-state index in [2.05, 4.69) is 21.8 Å². The third-order valence-corrected chi connectivity index (χ3v) is 8.84. The molecule has 2 aliphatic rings. The molecule has 1 saturated carbocycles. The number of aromatic nitrogens is 2. The Labute approximate surface area is 230 Å². The van der Waals surface area contributed by atoms with E-state index in [1.807, 2.05) is 23.1 Å². The lowest BCUT2D eigenvalue weighted by atomic mass is 9.98. The molecule has 7 nitrogen and oxygen atoms in total. The van der Waals surface area contributed by atoms with Crippen LogP contribution in [0.5, 0.6) is 0 Å². The number of nitrogens with one attached hydrogen (secondary N) is 2. The van der Waals surface area contributed by atoms with Crippen LogP contribution in [0.4, 0.5) is 10.1 Å². The Morgan fingerprint density at radius 1 is 1.24 bits per heavy atom. The van der Waals surface area contributed by atoms with Crippen LogP contribution in [0.15, 0.2) is 36.4 Å². The van der Waals surface area contributed by atoms with Crippen LogP contribution in [0.25, 0.3) is 10.9 Å². The van der Waals surface area contributed by atoms with Gasteiger partial charge >= 0.3 is 0 Å². The van der Waals surface area contributed by atoms with E-state index in [4.69, 9.17) is 16.3 Å². The van der Waals surface area contributed by atoms with Crippen molar-refractivity contribution >= 4 is 51.8 Å². The third kappa shape index (κ3) is 6.00. The van der Waals surface area contributed by atoms with Crippen molar-refractivity contribution in [2.24, 2.45) is 0 Å². The Morgan fingerprint density at radius 3 is 2.82 bits per heavy atom. The van der Waals surface area contributed by atoms with Crippen LogP contribution in [-0.4, -0.2) is 63.7 Å². The summed E-state index contributed by atoms with van der Waals surface area (Å²) in [6.07, 6.45) is 8.90. The number of amides is 2. The molecular weight excluding hydrogens is 527 g/mol. The second kappa shape index (κ2) is 12.1. The van der Waals surface area contributed by atoms with Crippen molar-refractivity contribution in [1.82, 2.24) is 15.1 Å². The van der Waals surface area contributed by atoms with E-state index in [0.717, 1.165) is 30.8 Å². The maximum atomic E-state index is 15.1. The number of benzene rings is 2. The molecule has 2 fully saturated rings. The average molecular weight is 559 g/mol. The maximum absolute atomic E-state index is 15.1. The number of fused-ring (bicyclic) bond motifs is 1. The average Bonchev–Trinajstić information content (AvgIpc) is 3.55. The number of rotatable bonds is 8. The molecule has 202 valence electrons. The summed E-state index contributed by atoms with van der Waals surface area (Å²) in [5.74, 6) is -1.25. The molecule has 2 atom stereocenters. The number of carbonyl (C=O) groups is 2. The summed E-state index contributed by atoms with van der Waals surface area (Å²) in [6, 6.07) is 9.80. The molecule has 10 heteroatoms. The van der Waals surface area contributed by atoms with Crippen LogP contribution in [0.2, 0.25) is 5.02 Å². The van der Waals surface area contributed by atoms with Crippen molar-refractivity contribution < 1.29 is 18.7 Å². The number of aromatic amines is 1. The number of anilines is 1. The van der Waals surface area contributed by atoms with Gasteiger partial charge in [-0.3, -0.25) is 14.7 Å². The summed E-state index contributed by atoms with van der Waals surface area (Å²) in [5.41, 5.74) is 1.23. The van der Waals surface area contributed by atoms with Gasteiger partial charge in [0.25, 0.3) is 5.91 Å². The fourth-order valence-electron chi connectivity index (χ4n) is 5.39. The van der Waals surface area contributed by atoms with E-state index in [1.165, 1.54) is 25.3 Å². The molecule has 2 amide bonds. The zero-order valence-corrected chi connectivity index (χ0v) is 22.9. The van der Waals surface area contributed by atoms with Gasteiger partial charge in [-0.15, -0.1) is 0 Å². The van der Waals surface area contributed by atoms with E-state index in [0.29, 0.717) is 23.8 Å². The lowest BCUT2D eigenvalue weighted by Gasteiger charge is -2.28. The Kier molecular flexibility index (Phi) is 8.55. The SMILES string of the molecule is CS[C@H]1CC(COC2CCCCC2)N(C(=O)Cc2cc(Cl)c(NC(=O)c3n[nH]c4ccccc34)cc2F)C1. The molecule has 1 aliphatic carbocycles. The van der Waals surface area contributed by atoms with Crippen LogP contribution in [0, 0.1) is 5.82 Å². The van der Waals surface area contributed by atoms with E-state index in [-0.39, 0.29) is 46.4 Å². The number of hydrogen-bond donors (Lipinski definition) is 2. The molecule has 3 aromatic rings. The van der Waals surface area contributed by atoms with E-state index >= 15 is 4.39 Å². The summed E-state index contributed by atoms with van der Waals surface area (Å²) < 4.78 is 21.3. The number of likely N-dealkylation sites (tertiary alicyclic amines) is 1. The van der Waals surface area contributed by atoms with Crippen LogP contribution < -0.4 is 5.32 Å². The Balaban J connectivity index is 1.25. The first kappa shape index (κ1) is 27.0. The van der Waals surface area contributed by atoms with Crippen molar-refractivity contribution in [2.45, 2.75) is 62.3 Å². The molecule has 1 aromatic heterocycles. The predicted octanol–water partition coefficient (Wildman–Crippen LogP) is 5.83. The van der Waals surface area contributed by atoms with Gasteiger partial charge in [-0.05, 0) is 49.3 Å². The second-order valence-corrected chi connectivity index (χ2v) is 11.6.